The number of halogens is 1. The van der Waals surface area contributed by atoms with Crippen LogP contribution >= 0.6 is 0 Å². The van der Waals surface area contributed by atoms with Crippen LogP contribution in [-0.4, -0.2) is 32.2 Å². The van der Waals surface area contributed by atoms with Gasteiger partial charge in [-0.2, -0.15) is 4.80 Å². The Bertz CT molecular complexity index is 625. The molecule has 21 heavy (non-hydrogen) atoms. The van der Waals surface area contributed by atoms with Crippen LogP contribution < -0.4 is 5.32 Å². The molecule has 112 valence electrons. The van der Waals surface area contributed by atoms with Crippen molar-refractivity contribution in [2.75, 3.05) is 0 Å². The van der Waals surface area contributed by atoms with E-state index in [0.717, 1.165) is 0 Å². The van der Waals surface area contributed by atoms with Crippen molar-refractivity contribution in [2.45, 2.75) is 33.4 Å². The van der Waals surface area contributed by atoms with Gasteiger partial charge in [0.2, 0.25) is 11.7 Å². The van der Waals surface area contributed by atoms with E-state index >= 15 is 0 Å². The molecule has 0 bridgehead atoms. The van der Waals surface area contributed by atoms with Crippen molar-refractivity contribution < 1.29 is 9.18 Å². The van der Waals surface area contributed by atoms with Crippen molar-refractivity contribution in [1.29, 1.82) is 0 Å². The lowest BCUT2D eigenvalue weighted by atomic mass is 10.1. The Hall–Kier alpha value is -2.31. The highest BCUT2D eigenvalue weighted by atomic mass is 19.1. The zero-order valence-electron chi connectivity index (χ0n) is 12.2. The SMILES string of the molecule is CC(C)C(C)NC(=O)Cn1nnc(-c2cccc(F)c2)n1. The Morgan fingerprint density at radius 2 is 2.14 bits per heavy atom. The molecule has 6 nitrogen and oxygen atoms in total. The molecule has 0 spiro atoms. The Labute approximate surface area is 122 Å². The van der Waals surface area contributed by atoms with Gasteiger partial charge in [-0.1, -0.05) is 26.0 Å². The third kappa shape index (κ3) is 4.08. The second-order valence-electron chi connectivity index (χ2n) is 5.25. The zero-order valence-corrected chi connectivity index (χ0v) is 12.2. The number of carbonyl (C=O) groups is 1. The zero-order chi connectivity index (χ0) is 15.4. The first-order valence-electron chi connectivity index (χ1n) is 6.79. The number of carbonyl (C=O) groups excluding carboxylic acids is 1. The Kier molecular flexibility index (Phi) is 4.62. The largest absolute Gasteiger partial charge is 0.352 e. The fourth-order valence-corrected chi connectivity index (χ4v) is 1.65. The van der Waals surface area contributed by atoms with E-state index in [4.69, 9.17) is 0 Å². The average molecular weight is 291 g/mol. The second-order valence-corrected chi connectivity index (χ2v) is 5.25. The lowest BCUT2D eigenvalue weighted by Gasteiger charge is -2.16. The van der Waals surface area contributed by atoms with Gasteiger partial charge in [0.05, 0.1) is 0 Å². The molecule has 1 heterocycles. The van der Waals surface area contributed by atoms with E-state index in [1.165, 1.54) is 16.9 Å². The number of nitrogens with zero attached hydrogens (tertiary/aromatic N) is 4. The van der Waals surface area contributed by atoms with E-state index in [1.54, 1.807) is 12.1 Å². The minimum atomic E-state index is -0.368. The highest BCUT2D eigenvalue weighted by molar-refractivity contribution is 5.75. The third-order valence-electron chi connectivity index (χ3n) is 3.21. The quantitative estimate of drug-likeness (QED) is 0.909. The molecule has 1 aromatic heterocycles. The maximum atomic E-state index is 13.1. The molecule has 2 aromatic rings. The van der Waals surface area contributed by atoms with Crippen LogP contribution in [0.1, 0.15) is 20.8 Å². The van der Waals surface area contributed by atoms with Crippen LogP contribution in [0.2, 0.25) is 0 Å². The van der Waals surface area contributed by atoms with Gasteiger partial charge in [-0.15, -0.1) is 10.2 Å². The molecule has 1 unspecified atom stereocenters. The van der Waals surface area contributed by atoms with Crippen LogP contribution in [0.4, 0.5) is 4.39 Å². The van der Waals surface area contributed by atoms with Gasteiger partial charge in [0.25, 0.3) is 0 Å². The summed E-state index contributed by atoms with van der Waals surface area (Å²) < 4.78 is 13.1. The van der Waals surface area contributed by atoms with E-state index in [1.807, 2.05) is 20.8 Å². The highest BCUT2D eigenvalue weighted by Gasteiger charge is 2.13. The van der Waals surface area contributed by atoms with Crippen LogP contribution in [0, 0.1) is 11.7 Å². The molecular formula is C14H18FN5O. The molecule has 2 rings (SSSR count). The van der Waals surface area contributed by atoms with E-state index in [9.17, 15) is 9.18 Å². The summed E-state index contributed by atoms with van der Waals surface area (Å²) in [6, 6.07) is 5.99. The van der Waals surface area contributed by atoms with E-state index < -0.39 is 0 Å². The number of amides is 1. The predicted molar refractivity (Wildman–Crippen MR) is 75.7 cm³/mol. The van der Waals surface area contributed by atoms with Crippen molar-refractivity contribution in [1.82, 2.24) is 25.5 Å². The molecule has 0 radical (unpaired) electrons. The minimum Gasteiger partial charge on any atom is -0.352 e. The number of hydrogen-bond donors (Lipinski definition) is 1. The average Bonchev–Trinajstić information content (AvgIpc) is 2.86. The number of aromatic nitrogens is 4. The fourth-order valence-electron chi connectivity index (χ4n) is 1.65. The maximum Gasteiger partial charge on any atom is 0.243 e. The summed E-state index contributed by atoms with van der Waals surface area (Å²) in [5, 5.41) is 14.6. The van der Waals surface area contributed by atoms with Crippen LogP contribution in [0.15, 0.2) is 24.3 Å². The van der Waals surface area contributed by atoms with Gasteiger partial charge in [-0.3, -0.25) is 4.79 Å². The van der Waals surface area contributed by atoms with Crippen molar-refractivity contribution >= 4 is 5.91 Å². The molecular weight excluding hydrogens is 273 g/mol. The first-order valence-corrected chi connectivity index (χ1v) is 6.79. The molecule has 0 aliphatic carbocycles. The molecule has 0 aliphatic heterocycles. The van der Waals surface area contributed by atoms with Crippen LogP contribution in [0.5, 0.6) is 0 Å². The van der Waals surface area contributed by atoms with Gasteiger partial charge in [-0.25, -0.2) is 4.39 Å². The first kappa shape index (κ1) is 15.1. The number of tetrazole rings is 1. The van der Waals surface area contributed by atoms with Gasteiger partial charge >= 0.3 is 0 Å². The minimum absolute atomic E-state index is 0.0145. The number of benzene rings is 1. The van der Waals surface area contributed by atoms with E-state index in [2.05, 4.69) is 20.7 Å². The van der Waals surface area contributed by atoms with Crippen LogP contribution in [0.25, 0.3) is 11.4 Å². The van der Waals surface area contributed by atoms with Gasteiger partial charge in [-0.05, 0) is 30.2 Å². The lowest BCUT2D eigenvalue weighted by Crippen LogP contribution is -2.38. The smallest absolute Gasteiger partial charge is 0.243 e. The summed E-state index contributed by atoms with van der Waals surface area (Å²) in [7, 11) is 0. The molecule has 1 N–H and O–H groups in total. The van der Waals surface area contributed by atoms with Gasteiger partial charge in [0.15, 0.2) is 0 Å². The summed E-state index contributed by atoms with van der Waals surface area (Å²) in [5.74, 6) is 0.0893. The fraction of sp³-hybridized carbons (Fsp3) is 0.429. The van der Waals surface area contributed by atoms with E-state index in [-0.39, 0.29) is 24.3 Å². The maximum absolute atomic E-state index is 13.1. The summed E-state index contributed by atoms with van der Waals surface area (Å²) >= 11 is 0. The topological polar surface area (TPSA) is 72.7 Å². The number of hydrogen-bond acceptors (Lipinski definition) is 4. The lowest BCUT2D eigenvalue weighted by molar-refractivity contribution is -0.123. The molecule has 7 heteroatoms. The van der Waals surface area contributed by atoms with Crippen molar-refractivity contribution in [3.8, 4) is 11.4 Å². The normalized spacial score (nSPS) is 12.4. The summed E-state index contributed by atoms with van der Waals surface area (Å²) in [4.78, 5) is 13.0. The van der Waals surface area contributed by atoms with Crippen molar-refractivity contribution in [3.05, 3.63) is 30.1 Å². The van der Waals surface area contributed by atoms with Gasteiger partial charge in [0.1, 0.15) is 12.4 Å². The van der Waals surface area contributed by atoms with E-state index in [0.29, 0.717) is 17.3 Å². The Morgan fingerprint density at radius 3 is 2.81 bits per heavy atom. The molecule has 1 atom stereocenters. The Morgan fingerprint density at radius 1 is 1.38 bits per heavy atom. The molecule has 0 aliphatic rings. The predicted octanol–water partition coefficient (Wildman–Crippen LogP) is 1.64. The molecule has 0 saturated heterocycles. The van der Waals surface area contributed by atoms with Crippen molar-refractivity contribution in [2.24, 2.45) is 5.92 Å². The van der Waals surface area contributed by atoms with Gasteiger partial charge in [0, 0.05) is 11.6 Å². The van der Waals surface area contributed by atoms with Gasteiger partial charge < -0.3 is 5.32 Å². The number of rotatable bonds is 5. The molecule has 0 saturated carbocycles. The van der Waals surface area contributed by atoms with Crippen molar-refractivity contribution in [3.63, 3.8) is 0 Å². The number of nitrogens with one attached hydrogen (secondary N) is 1. The third-order valence-corrected chi connectivity index (χ3v) is 3.21. The Balaban J connectivity index is 2.02. The molecule has 1 amide bonds. The highest BCUT2D eigenvalue weighted by Crippen LogP contribution is 2.14. The monoisotopic (exact) mass is 291 g/mol. The first-order chi connectivity index (χ1) is 9.95. The summed E-state index contributed by atoms with van der Waals surface area (Å²) in [5.41, 5.74) is 0.525. The summed E-state index contributed by atoms with van der Waals surface area (Å²) in [6.07, 6.45) is 0. The standard InChI is InChI=1S/C14H18FN5O/c1-9(2)10(3)16-13(21)8-20-18-14(17-19-20)11-5-4-6-12(15)7-11/h4-7,9-10H,8H2,1-3H3,(H,16,21). The second kappa shape index (κ2) is 6.43. The summed E-state index contributed by atoms with van der Waals surface area (Å²) in [6.45, 7) is 5.98. The van der Waals surface area contributed by atoms with Crippen LogP contribution in [0.3, 0.4) is 0 Å². The van der Waals surface area contributed by atoms with Crippen LogP contribution in [-0.2, 0) is 11.3 Å². The molecule has 0 fully saturated rings. The molecule has 1 aromatic carbocycles.